The van der Waals surface area contributed by atoms with Gasteiger partial charge in [-0.3, -0.25) is 4.79 Å². The maximum atomic E-state index is 12.2. The van der Waals surface area contributed by atoms with Gasteiger partial charge in [-0.15, -0.1) is 44.2 Å². The van der Waals surface area contributed by atoms with Gasteiger partial charge in [0.2, 0.25) is 11.0 Å². The molecule has 26 heavy (non-hydrogen) atoms. The number of nitrogens with zero attached hydrogens (tertiary/aromatic N) is 3. The minimum Gasteiger partial charge on any atom is -0.300 e. The van der Waals surface area contributed by atoms with E-state index in [2.05, 4.69) is 31.9 Å². The number of anilines is 1. The first-order valence-electron chi connectivity index (χ1n) is 7.53. The number of hydrogen-bond donors (Lipinski definition) is 1. The minimum atomic E-state index is -0.126. The molecule has 4 aromatic heterocycles. The van der Waals surface area contributed by atoms with Crippen molar-refractivity contribution in [3.05, 3.63) is 51.0 Å². The van der Waals surface area contributed by atoms with Gasteiger partial charge in [0.15, 0.2) is 4.34 Å². The number of nitrogens with one attached hydrogen (secondary N) is 1. The first-order chi connectivity index (χ1) is 12.8. The van der Waals surface area contributed by atoms with Crippen molar-refractivity contribution in [1.82, 2.24) is 15.2 Å². The van der Waals surface area contributed by atoms with E-state index in [4.69, 9.17) is 0 Å². The van der Waals surface area contributed by atoms with Crippen molar-refractivity contribution < 1.29 is 4.79 Å². The second-order valence-electron chi connectivity index (χ2n) is 5.09. The molecule has 0 aliphatic carbocycles. The van der Waals surface area contributed by atoms with E-state index in [1.807, 2.05) is 29.0 Å². The largest absolute Gasteiger partial charge is 0.300 e. The number of thiazole rings is 1. The lowest BCUT2D eigenvalue weighted by Crippen LogP contribution is -2.14. The molecule has 4 aromatic rings. The van der Waals surface area contributed by atoms with Crippen molar-refractivity contribution in [3.8, 4) is 9.88 Å². The molecule has 0 aliphatic rings. The van der Waals surface area contributed by atoms with Gasteiger partial charge in [-0.25, -0.2) is 4.98 Å². The average molecular weight is 437 g/mol. The number of thiophene rings is 2. The van der Waals surface area contributed by atoms with E-state index in [-0.39, 0.29) is 12.3 Å². The van der Waals surface area contributed by atoms with Crippen LogP contribution >= 0.6 is 57.1 Å². The summed E-state index contributed by atoms with van der Waals surface area (Å²) in [6, 6.07) is 8.16. The van der Waals surface area contributed by atoms with Crippen molar-refractivity contribution in [3.63, 3.8) is 0 Å². The molecule has 4 rings (SSSR count). The fourth-order valence-corrected chi connectivity index (χ4v) is 6.25. The highest BCUT2D eigenvalue weighted by Crippen LogP contribution is 2.30. The lowest BCUT2D eigenvalue weighted by molar-refractivity contribution is -0.115. The van der Waals surface area contributed by atoms with Gasteiger partial charge in [-0.05, 0) is 22.9 Å². The molecule has 0 aromatic carbocycles. The summed E-state index contributed by atoms with van der Waals surface area (Å²) in [6.45, 7) is 0. The van der Waals surface area contributed by atoms with Crippen molar-refractivity contribution in [2.24, 2.45) is 0 Å². The Kier molecular flexibility index (Phi) is 5.75. The van der Waals surface area contributed by atoms with Crippen LogP contribution < -0.4 is 5.32 Å². The summed E-state index contributed by atoms with van der Waals surface area (Å²) in [5, 5.41) is 18.5. The summed E-state index contributed by atoms with van der Waals surface area (Å²) in [5.74, 6) is 0.740. The zero-order valence-electron chi connectivity index (χ0n) is 13.2. The molecular formula is C16H12N4OS5. The van der Waals surface area contributed by atoms with E-state index in [0.29, 0.717) is 5.13 Å². The summed E-state index contributed by atoms with van der Waals surface area (Å²) in [4.78, 5) is 19.2. The molecule has 0 atom stereocenters. The molecule has 0 aliphatic heterocycles. The summed E-state index contributed by atoms with van der Waals surface area (Å²) in [5.41, 5.74) is 0.771. The second kappa shape index (κ2) is 8.40. The first-order valence-corrected chi connectivity index (χ1v) is 12.0. The van der Waals surface area contributed by atoms with Crippen LogP contribution in [-0.2, 0) is 17.0 Å². The monoisotopic (exact) mass is 436 g/mol. The van der Waals surface area contributed by atoms with Crippen molar-refractivity contribution in [1.29, 1.82) is 0 Å². The van der Waals surface area contributed by atoms with Crippen LogP contribution in [0.2, 0.25) is 0 Å². The number of thioether (sulfide) groups is 1. The van der Waals surface area contributed by atoms with E-state index in [9.17, 15) is 4.79 Å². The van der Waals surface area contributed by atoms with E-state index in [0.717, 1.165) is 25.7 Å². The predicted molar refractivity (Wildman–Crippen MR) is 112 cm³/mol. The molecule has 10 heteroatoms. The molecule has 1 amide bonds. The summed E-state index contributed by atoms with van der Waals surface area (Å²) in [6.07, 6.45) is 0.235. The van der Waals surface area contributed by atoms with E-state index in [1.165, 1.54) is 16.2 Å². The smallest absolute Gasteiger partial charge is 0.232 e. The molecule has 0 bridgehead atoms. The lowest BCUT2D eigenvalue weighted by Gasteiger charge is -1.98. The van der Waals surface area contributed by atoms with Gasteiger partial charge in [0.1, 0.15) is 5.01 Å². The van der Waals surface area contributed by atoms with E-state index < -0.39 is 0 Å². The predicted octanol–water partition coefficient (Wildman–Crippen LogP) is 5.26. The standard InChI is InChI=1S/C16H12N4OS5/c21-13(7-10-8-24-14(17-10)12-4-2-6-23-12)18-15-19-20-16(26-15)25-9-11-3-1-5-22-11/h1-6,8H,7,9H2,(H,18,19,21). The Morgan fingerprint density at radius 2 is 2.00 bits per heavy atom. The highest BCUT2D eigenvalue weighted by molar-refractivity contribution is 8.00. The van der Waals surface area contributed by atoms with Crippen molar-refractivity contribution in [2.75, 3.05) is 5.32 Å². The fraction of sp³-hybridized carbons (Fsp3) is 0.125. The molecule has 0 spiro atoms. The number of carbonyl (C=O) groups excluding carboxylic acids is 1. The molecular weight excluding hydrogens is 425 g/mol. The maximum Gasteiger partial charge on any atom is 0.232 e. The third-order valence-electron chi connectivity index (χ3n) is 3.20. The van der Waals surface area contributed by atoms with Crippen LogP contribution in [0.3, 0.4) is 0 Å². The summed E-state index contributed by atoms with van der Waals surface area (Å²) < 4.78 is 0.849. The van der Waals surface area contributed by atoms with Crippen LogP contribution in [0.5, 0.6) is 0 Å². The Labute approximate surface area is 170 Å². The Bertz CT molecular complexity index is 974. The molecule has 0 radical (unpaired) electrons. The molecule has 132 valence electrons. The molecule has 0 fully saturated rings. The van der Waals surface area contributed by atoms with Gasteiger partial charge < -0.3 is 5.32 Å². The van der Waals surface area contributed by atoms with Crippen molar-refractivity contribution >= 4 is 68.1 Å². The molecule has 5 nitrogen and oxygen atoms in total. The molecule has 0 unspecified atom stereocenters. The lowest BCUT2D eigenvalue weighted by atomic mass is 10.3. The number of aromatic nitrogens is 3. The van der Waals surface area contributed by atoms with Gasteiger partial charge in [-0.1, -0.05) is 35.2 Å². The maximum absolute atomic E-state index is 12.2. The quantitative estimate of drug-likeness (QED) is 0.316. The van der Waals surface area contributed by atoms with Gasteiger partial charge in [-0.2, -0.15) is 0 Å². The van der Waals surface area contributed by atoms with Crippen LogP contribution in [0, 0.1) is 0 Å². The molecule has 0 saturated carbocycles. The summed E-state index contributed by atoms with van der Waals surface area (Å²) >= 11 is 7.95. The zero-order valence-corrected chi connectivity index (χ0v) is 17.3. The van der Waals surface area contributed by atoms with Crippen LogP contribution in [0.25, 0.3) is 9.88 Å². The molecule has 4 heterocycles. The van der Waals surface area contributed by atoms with Crippen LogP contribution in [0.4, 0.5) is 5.13 Å². The number of rotatable bonds is 7. The SMILES string of the molecule is O=C(Cc1csc(-c2cccs2)n1)Nc1nnc(SCc2cccs2)s1. The highest BCUT2D eigenvalue weighted by atomic mass is 32.2. The van der Waals surface area contributed by atoms with Gasteiger partial charge >= 0.3 is 0 Å². The number of amides is 1. The van der Waals surface area contributed by atoms with Crippen LogP contribution in [0.15, 0.2) is 44.7 Å². The summed E-state index contributed by atoms with van der Waals surface area (Å²) in [7, 11) is 0. The van der Waals surface area contributed by atoms with Crippen molar-refractivity contribution in [2.45, 2.75) is 16.5 Å². The Hall–Kier alpha value is -1.59. The fourth-order valence-electron chi connectivity index (χ4n) is 2.08. The normalized spacial score (nSPS) is 10.9. The van der Waals surface area contributed by atoms with Gasteiger partial charge in [0.25, 0.3) is 0 Å². The van der Waals surface area contributed by atoms with Gasteiger partial charge in [0.05, 0.1) is 17.0 Å². The number of carbonyl (C=O) groups is 1. The second-order valence-corrected chi connectivity index (χ2v) is 10.1. The minimum absolute atomic E-state index is 0.126. The molecule has 1 N–H and O–H groups in total. The average Bonchev–Trinajstić information content (AvgIpc) is 3.40. The molecule has 0 saturated heterocycles. The van der Waals surface area contributed by atoms with Crippen LogP contribution in [-0.4, -0.2) is 21.1 Å². The van der Waals surface area contributed by atoms with Crippen LogP contribution in [0.1, 0.15) is 10.6 Å². The third kappa shape index (κ3) is 4.57. The zero-order chi connectivity index (χ0) is 17.8. The Morgan fingerprint density at radius 1 is 1.12 bits per heavy atom. The Balaban J connectivity index is 1.31. The Morgan fingerprint density at radius 3 is 2.81 bits per heavy atom. The van der Waals surface area contributed by atoms with E-state index in [1.54, 1.807) is 45.8 Å². The topological polar surface area (TPSA) is 67.8 Å². The first kappa shape index (κ1) is 17.8. The highest BCUT2D eigenvalue weighted by Gasteiger charge is 2.12. The number of hydrogen-bond acceptors (Lipinski definition) is 9. The van der Waals surface area contributed by atoms with E-state index >= 15 is 0 Å². The third-order valence-corrected chi connectivity index (χ3v) is 8.21. The van der Waals surface area contributed by atoms with Gasteiger partial charge in [0, 0.05) is 16.0 Å².